The van der Waals surface area contributed by atoms with E-state index in [-0.39, 0.29) is 92.8 Å². The number of thiazole rings is 1. The summed E-state index contributed by atoms with van der Waals surface area (Å²) in [7, 11) is 6.16. The second kappa shape index (κ2) is 39.2. The van der Waals surface area contributed by atoms with Crippen LogP contribution >= 0.6 is 11.3 Å². The van der Waals surface area contributed by atoms with Crippen molar-refractivity contribution in [2.75, 3.05) is 53.3 Å². The third kappa shape index (κ3) is 23.5. The quantitative estimate of drug-likeness (QED) is 0.0240. The molecule has 11 atom stereocenters. The van der Waals surface area contributed by atoms with Crippen molar-refractivity contribution in [2.24, 2.45) is 35.3 Å². The van der Waals surface area contributed by atoms with Gasteiger partial charge >= 0.3 is 12.1 Å². The van der Waals surface area contributed by atoms with Crippen LogP contribution in [-0.2, 0) is 70.4 Å². The van der Waals surface area contributed by atoms with Crippen LogP contribution in [0.3, 0.4) is 0 Å². The lowest BCUT2D eigenvalue weighted by Gasteiger charge is -2.41. The molecule has 0 bridgehead atoms. The highest BCUT2D eigenvalue weighted by Gasteiger charge is 2.44. The number of likely N-dealkylation sites (tertiary alicyclic amines) is 1. The van der Waals surface area contributed by atoms with Crippen molar-refractivity contribution in [1.82, 2.24) is 51.2 Å². The molecule has 2 aromatic carbocycles. The summed E-state index contributed by atoms with van der Waals surface area (Å²) in [5.41, 5.74) is 7.17. The lowest BCUT2D eigenvalue weighted by Crippen LogP contribution is -2.60. The summed E-state index contributed by atoms with van der Waals surface area (Å²) in [6.07, 6.45) is 6.28. The summed E-state index contributed by atoms with van der Waals surface area (Å²) >= 11 is 1.47. The number of nitrogens with one attached hydrogen (secondary N) is 6. The van der Waals surface area contributed by atoms with E-state index in [1.807, 2.05) is 70.3 Å². The second-order valence-electron chi connectivity index (χ2n) is 26.2. The van der Waals surface area contributed by atoms with Crippen LogP contribution < -0.4 is 37.6 Å². The van der Waals surface area contributed by atoms with Gasteiger partial charge in [0.1, 0.15) is 35.8 Å². The van der Waals surface area contributed by atoms with E-state index in [0.717, 1.165) is 15.5 Å². The van der Waals surface area contributed by atoms with Crippen molar-refractivity contribution in [3.63, 3.8) is 0 Å². The normalized spacial score (nSPS) is 16.9. The van der Waals surface area contributed by atoms with Crippen molar-refractivity contribution in [1.29, 1.82) is 0 Å². The number of hydrogen-bond donors (Lipinski definition) is 7. The number of urea groups is 1. The molecule has 1 fully saturated rings. The molecule has 0 unspecified atom stereocenters. The summed E-state index contributed by atoms with van der Waals surface area (Å²) in [4.78, 5) is 158. The number of anilines is 1. The van der Waals surface area contributed by atoms with Crippen LogP contribution in [0, 0.1) is 29.6 Å². The Labute approximate surface area is 575 Å². The zero-order valence-corrected chi connectivity index (χ0v) is 59.4. The van der Waals surface area contributed by atoms with Gasteiger partial charge in [0.05, 0.1) is 42.7 Å². The van der Waals surface area contributed by atoms with Gasteiger partial charge in [0.2, 0.25) is 41.4 Å². The molecule has 0 saturated carbocycles. The van der Waals surface area contributed by atoms with Crippen molar-refractivity contribution >= 4 is 82.3 Å². The topological polar surface area (TPSA) is 340 Å². The van der Waals surface area contributed by atoms with Gasteiger partial charge in [-0.25, -0.2) is 14.6 Å². The molecule has 26 nitrogen and oxygen atoms in total. The third-order valence-electron chi connectivity index (χ3n) is 18.1. The average Bonchev–Trinajstić information content (AvgIpc) is 1.80. The van der Waals surface area contributed by atoms with Crippen molar-refractivity contribution in [3.05, 3.63) is 94.5 Å². The van der Waals surface area contributed by atoms with E-state index in [1.54, 1.807) is 82.1 Å². The molecule has 3 heterocycles. The number of carbonyl (C=O) groups excluding carboxylic acids is 11. The molecular formula is C70H104N12O14S. The number of carbonyl (C=O) groups is 11. The SMILES string of the molecule is CC[C@H](C)[C@@H]([C@@H](CC(=O)N1CCC[C@H]1[C@H](OC)[C@@H](C)C(=O)N[C@@H](Cc1ccccc1)c1nccs1)OC)N(C)C(=O)[C@@H](NC(=O)[C@H](C(C)C)N(C)C(=O)OCc1ccc(NC(=O)[C@H](CCCNC(N)=O)NC(=O)[C@H](NC(=O)CCCCCN2C(=O)C=CC2=O)C(C)C)cc1)C(C)C. The van der Waals surface area contributed by atoms with Gasteiger partial charge in [-0.05, 0) is 91.9 Å². The molecule has 0 radical (unpaired) electrons. The molecule has 97 heavy (non-hydrogen) atoms. The number of ether oxygens (including phenoxy) is 3. The number of aromatic nitrogens is 1. The summed E-state index contributed by atoms with van der Waals surface area (Å²) in [6.45, 7) is 17.0. The molecule has 0 aliphatic carbocycles. The van der Waals surface area contributed by atoms with E-state index in [2.05, 4.69) is 36.9 Å². The van der Waals surface area contributed by atoms with E-state index >= 15 is 0 Å². The van der Waals surface area contributed by atoms with E-state index in [1.165, 1.54) is 42.5 Å². The minimum Gasteiger partial charge on any atom is -0.445 e. The van der Waals surface area contributed by atoms with Crippen LogP contribution in [0.4, 0.5) is 15.3 Å². The fourth-order valence-electron chi connectivity index (χ4n) is 12.4. The predicted molar refractivity (Wildman–Crippen MR) is 368 cm³/mol. The molecule has 2 aliphatic rings. The Kier molecular flexibility index (Phi) is 32.1. The Morgan fingerprint density at radius 3 is 1.99 bits per heavy atom. The van der Waals surface area contributed by atoms with Crippen molar-refractivity contribution in [2.45, 2.75) is 194 Å². The highest BCUT2D eigenvalue weighted by molar-refractivity contribution is 7.09. The lowest BCUT2D eigenvalue weighted by atomic mass is 9.89. The summed E-state index contributed by atoms with van der Waals surface area (Å²) in [5, 5.41) is 19.6. The number of nitrogens with two attached hydrogens (primary N) is 1. The number of amides is 12. The maximum atomic E-state index is 14.9. The van der Waals surface area contributed by atoms with Crippen molar-refractivity contribution in [3.8, 4) is 0 Å². The smallest absolute Gasteiger partial charge is 0.410 e. The first kappa shape index (κ1) is 79.4. The van der Waals surface area contributed by atoms with Gasteiger partial charge < -0.3 is 61.6 Å². The zero-order valence-electron chi connectivity index (χ0n) is 58.6. The summed E-state index contributed by atoms with van der Waals surface area (Å²) in [5.74, 6) is -5.80. The van der Waals surface area contributed by atoms with Gasteiger partial charge in [0.15, 0.2) is 0 Å². The second-order valence-corrected chi connectivity index (χ2v) is 27.2. The van der Waals surface area contributed by atoms with Crippen LogP contribution in [0.5, 0.6) is 0 Å². The average molecular weight is 1370 g/mol. The first-order valence-electron chi connectivity index (χ1n) is 33.7. The number of rotatable bonds is 39. The maximum Gasteiger partial charge on any atom is 0.410 e. The number of benzene rings is 2. The van der Waals surface area contributed by atoms with Crippen molar-refractivity contribution < 1.29 is 67.0 Å². The van der Waals surface area contributed by atoms with E-state index in [0.29, 0.717) is 62.7 Å². The van der Waals surface area contributed by atoms with E-state index in [4.69, 9.17) is 19.9 Å². The molecule has 2 aliphatic heterocycles. The number of primary amides is 1. The minimum absolute atomic E-state index is 0.0756. The first-order valence-corrected chi connectivity index (χ1v) is 34.6. The molecule has 5 rings (SSSR count). The third-order valence-corrected chi connectivity index (χ3v) is 19.0. The zero-order chi connectivity index (χ0) is 71.6. The lowest BCUT2D eigenvalue weighted by molar-refractivity contribution is -0.148. The highest BCUT2D eigenvalue weighted by atomic mass is 32.1. The Bertz CT molecular complexity index is 3120. The molecule has 1 saturated heterocycles. The molecule has 534 valence electrons. The van der Waals surface area contributed by atoms with Gasteiger partial charge in [-0.3, -0.25) is 53.0 Å². The van der Waals surface area contributed by atoms with E-state index < -0.39 is 102 Å². The molecule has 0 spiro atoms. The van der Waals surface area contributed by atoms with Crippen LogP contribution in [0.15, 0.2) is 78.3 Å². The van der Waals surface area contributed by atoms with Crippen LogP contribution in [0.25, 0.3) is 0 Å². The van der Waals surface area contributed by atoms with Crippen LogP contribution in [0.1, 0.15) is 149 Å². The molecule has 27 heteroatoms. The maximum absolute atomic E-state index is 14.9. The Balaban J connectivity index is 1.18. The molecule has 1 aromatic heterocycles. The number of likely N-dealkylation sites (N-methyl/N-ethyl adjacent to an activating group) is 2. The fourth-order valence-corrected chi connectivity index (χ4v) is 13.1. The van der Waals surface area contributed by atoms with Gasteiger partial charge in [-0.2, -0.15) is 0 Å². The molecule has 3 aromatic rings. The predicted octanol–water partition coefficient (Wildman–Crippen LogP) is 6.40. The number of nitrogens with zero attached hydrogens (tertiary/aromatic N) is 5. The number of unbranched alkanes of at least 4 members (excludes halogenated alkanes) is 2. The summed E-state index contributed by atoms with van der Waals surface area (Å²) in [6, 6.07) is 9.87. The standard InChI is InChI=1S/C70H104N12O14S/c1-14-45(8)61(53(94-12)40-57(86)81-37-22-26-52(81)62(95-13)46(9)63(87)76-51(67-72-35-38-97-67)39-47-23-17-15-18-24-47)79(10)68(91)59(43(4)5)78-66(90)60(44(6)7)80(11)70(93)96-41-48-28-30-49(31-29-48)74-64(88)50(25-21-34-73-69(71)92)75-65(89)58(42(2)3)77-54(83)27-19-16-20-36-82-55(84)32-33-56(82)85/h15,17-18,23-24,28-33,35,38,42-46,50-53,58-62H,14,16,19-22,25-27,34,36-37,39-41H2,1-13H3,(H,74,88)(H,75,89)(H,76,87)(H,77,83)(H,78,90)(H3,71,73,92)/t45-,46+,50-,51-,52-,53+,58+,59-,60-,61-,62+/m0/s1. The first-order chi connectivity index (χ1) is 46.1. The number of imide groups is 1. The number of methoxy groups -OCH3 is 2. The minimum atomic E-state index is -1.11. The Morgan fingerprint density at radius 1 is 0.732 bits per heavy atom. The Hall–Kier alpha value is -8.30. The van der Waals surface area contributed by atoms with Gasteiger partial charge in [0.25, 0.3) is 11.8 Å². The molecule has 12 amide bonds. The van der Waals surface area contributed by atoms with E-state index in [9.17, 15) is 52.7 Å². The van der Waals surface area contributed by atoms with Gasteiger partial charge in [-0.1, -0.05) is 118 Å². The number of hydrogen-bond acceptors (Lipinski definition) is 16. The highest BCUT2D eigenvalue weighted by Crippen LogP contribution is 2.31. The summed E-state index contributed by atoms with van der Waals surface area (Å²) < 4.78 is 17.9. The van der Waals surface area contributed by atoms with Crippen LogP contribution in [-0.4, -0.2) is 186 Å². The van der Waals surface area contributed by atoms with Crippen LogP contribution in [0.2, 0.25) is 0 Å². The van der Waals surface area contributed by atoms with Gasteiger partial charge in [0, 0.05) is 83.8 Å². The largest absolute Gasteiger partial charge is 0.445 e. The molecule has 8 N–H and O–H groups in total. The van der Waals surface area contributed by atoms with Gasteiger partial charge in [-0.15, -0.1) is 11.3 Å². The monoisotopic (exact) mass is 1370 g/mol. The Morgan fingerprint density at radius 2 is 1.40 bits per heavy atom. The molecular weight excluding hydrogens is 1260 g/mol. The fraction of sp³-hybridized carbons (Fsp3) is 0.600.